The molecule has 0 aromatic heterocycles. The standard InChI is InChI=1S/C9H14BrN3O2/c1-9(2,3)15-8(14)13-5-6(10)12-4-7(13)11/h4-5,7H,11H2,1-3H3/t7-/m0/s1. The van der Waals surface area contributed by atoms with Gasteiger partial charge in [0.15, 0.2) is 0 Å². The molecule has 0 aromatic carbocycles. The molecule has 2 N–H and O–H groups in total. The van der Waals surface area contributed by atoms with Gasteiger partial charge in [0.1, 0.15) is 16.4 Å². The predicted molar refractivity (Wildman–Crippen MR) is 61.6 cm³/mol. The lowest BCUT2D eigenvalue weighted by Crippen LogP contribution is -2.46. The van der Waals surface area contributed by atoms with E-state index in [1.54, 1.807) is 20.8 Å². The van der Waals surface area contributed by atoms with Crippen LogP contribution in [0.1, 0.15) is 20.8 Å². The van der Waals surface area contributed by atoms with Crippen molar-refractivity contribution < 1.29 is 9.53 Å². The molecule has 1 atom stereocenters. The molecule has 1 aliphatic heterocycles. The number of carbonyl (C=O) groups excluding carboxylic acids is 1. The maximum atomic E-state index is 11.7. The number of aliphatic imine (C=N–C) groups is 1. The summed E-state index contributed by atoms with van der Waals surface area (Å²) in [7, 11) is 0. The Morgan fingerprint density at radius 3 is 2.80 bits per heavy atom. The normalized spacial score (nSPS) is 21.3. The molecule has 84 valence electrons. The minimum Gasteiger partial charge on any atom is -0.443 e. The van der Waals surface area contributed by atoms with Gasteiger partial charge >= 0.3 is 6.09 Å². The van der Waals surface area contributed by atoms with Gasteiger partial charge in [0.2, 0.25) is 0 Å². The molecule has 6 heteroatoms. The molecule has 0 radical (unpaired) electrons. The molecule has 1 heterocycles. The third-order valence-electron chi connectivity index (χ3n) is 1.52. The average molecular weight is 276 g/mol. The maximum absolute atomic E-state index is 11.7. The molecule has 0 unspecified atom stereocenters. The van der Waals surface area contributed by atoms with Crippen molar-refractivity contribution in [1.29, 1.82) is 0 Å². The lowest BCUT2D eigenvalue weighted by Gasteiger charge is -2.28. The lowest BCUT2D eigenvalue weighted by atomic mass is 10.2. The first-order valence-electron chi connectivity index (χ1n) is 4.48. The minimum atomic E-state index is -0.582. The van der Waals surface area contributed by atoms with Crippen molar-refractivity contribution in [3.05, 3.63) is 10.8 Å². The zero-order valence-electron chi connectivity index (χ0n) is 8.90. The minimum absolute atomic E-state index is 0.488. The second-order valence-electron chi connectivity index (χ2n) is 4.11. The highest BCUT2D eigenvalue weighted by Crippen LogP contribution is 2.17. The molecule has 1 rings (SSSR count). The van der Waals surface area contributed by atoms with Crippen molar-refractivity contribution >= 4 is 28.2 Å². The van der Waals surface area contributed by atoms with E-state index in [-0.39, 0.29) is 0 Å². The number of amides is 1. The SMILES string of the molecule is CC(C)(C)OC(=O)N1C=C(Br)N=C[C@H]1N. The number of nitrogens with zero attached hydrogens (tertiary/aromatic N) is 2. The van der Waals surface area contributed by atoms with Gasteiger partial charge in [-0.1, -0.05) is 0 Å². The van der Waals surface area contributed by atoms with Crippen LogP contribution in [-0.4, -0.2) is 29.0 Å². The Morgan fingerprint density at radius 1 is 1.67 bits per heavy atom. The van der Waals surface area contributed by atoms with Gasteiger partial charge < -0.3 is 10.5 Å². The summed E-state index contributed by atoms with van der Waals surface area (Å²) in [6.45, 7) is 5.40. The first-order chi connectivity index (χ1) is 6.79. The molecule has 1 aliphatic rings. The van der Waals surface area contributed by atoms with Crippen LogP contribution in [0.15, 0.2) is 15.8 Å². The molecular weight excluding hydrogens is 262 g/mol. The van der Waals surface area contributed by atoms with Crippen molar-refractivity contribution in [2.75, 3.05) is 0 Å². The van der Waals surface area contributed by atoms with Crippen LogP contribution in [0.3, 0.4) is 0 Å². The van der Waals surface area contributed by atoms with E-state index in [0.717, 1.165) is 0 Å². The van der Waals surface area contributed by atoms with Gasteiger partial charge in [-0.3, -0.25) is 4.90 Å². The highest BCUT2D eigenvalue weighted by atomic mass is 79.9. The molecule has 0 bridgehead atoms. The lowest BCUT2D eigenvalue weighted by molar-refractivity contribution is 0.0310. The van der Waals surface area contributed by atoms with Gasteiger partial charge in [-0.25, -0.2) is 9.79 Å². The monoisotopic (exact) mass is 275 g/mol. The number of hydrogen-bond acceptors (Lipinski definition) is 4. The van der Waals surface area contributed by atoms with Gasteiger partial charge in [-0.2, -0.15) is 0 Å². The fourth-order valence-electron chi connectivity index (χ4n) is 0.943. The van der Waals surface area contributed by atoms with Crippen LogP contribution in [0.4, 0.5) is 4.79 Å². The largest absolute Gasteiger partial charge is 0.443 e. The zero-order chi connectivity index (χ0) is 11.6. The number of nitrogens with two attached hydrogens (primary N) is 1. The quantitative estimate of drug-likeness (QED) is 0.686. The Bertz CT molecular complexity index is 320. The molecule has 5 nitrogen and oxygen atoms in total. The van der Waals surface area contributed by atoms with E-state index < -0.39 is 17.9 Å². The third kappa shape index (κ3) is 3.64. The summed E-state index contributed by atoms with van der Waals surface area (Å²) in [5.41, 5.74) is 5.14. The molecule has 0 aromatic rings. The Balaban J connectivity index is 2.72. The Labute approximate surface area is 97.1 Å². The van der Waals surface area contributed by atoms with Crippen molar-refractivity contribution in [1.82, 2.24) is 4.90 Å². The highest BCUT2D eigenvalue weighted by molar-refractivity contribution is 9.11. The molecule has 0 aliphatic carbocycles. The molecule has 15 heavy (non-hydrogen) atoms. The van der Waals surface area contributed by atoms with Gasteiger partial charge in [0, 0.05) is 12.4 Å². The van der Waals surface area contributed by atoms with Gasteiger partial charge in [-0.05, 0) is 36.7 Å². The van der Waals surface area contributed by atoms with Gasteiger partial charge in [0.25, 0.3) is 0 Å². The third-order valence-corrected chi connectivity index (χ3v) is 1.93. The van der Waals surface area contributed by atoms with Crippen LogP contribution < -0.4 is 5.73 Å². The maximum Gasteiger partial charge on any atom is 0.416 e. The summed E-state index contributed by atoms with van der Waals surface area (Å²) in [4.78, 5) is 16.9. The van der Waals surface area contributed by atoms with Gasteiger partial charge in [-0.15, -0.1) is 0 Å². The smallest absolute Gasteiger partial charge is 0.416 e. The van der Waals surface area contributed by atoms with Gasteiger partial charge in [0.05, 0.1) is 0 Å². The summed E-state index contributed by atoms with van der Waals surface area (Å²) >= 11 is 3.16. The molecule has 1 amide bonds. The van der Waals surface area contributed by atoms with E-state index in [9.17, 15) is 4.79 Å². The van der Waals surface area contributed by atoms with E-state index in [4.69, 9.17) is 10.5 Å². The van der Waals surface area contributed by atoms with Crippen molar-refractivity contribution in [2.24, 2.45) is 10.7 Å². The number of rotatable bonds is 0. The summed E-state index contributed by atoms with van der Waals surface area (Å²) in [5, 5.41) is 0. The number of halogens is 1. The Morgan fingerprint density at radius 2 is 2.27 bits per heavy atom. The predicted octanol–water partition coefficient (Wildman–Crippen LogP) is 1.79. The van der Waals surface area contributed by atoms with Crippen molar-refractivity contribution in [3.63, 3.8) is 0 Å². The second-order valence-corrected chi connectivity index (χ2v) is 4.92. The van der Waals surface area contributed by atoms with Crippen molar-refractivity contribution in [3.8, 4) is 0 Å². The summed E-state index contributed by atoms with van der Waals surface area (Å²) in [5.74, 6) is 0. The fourth-order valence-corrected chi connectivity index (χ4v) is 1.28. The number of hydrogen-bond donors (Lipinski definition) is 1. The van der Waals surface area contributed by atoms with Crippen LogP contribution in [0.5, 0.6) is 0 Å². The Hall–Kier alpha value is -0.880. The van der Waals surface area contributed by atoms with E-state index >= 15 is 0 Å². The zero-order valence-corrected chi connectivity index (χ0v) is 10.5. The summed E-state index contributed by atoms with van der Waals surface area (Å²) < 4.78 is 5.71. The average Bonchev–Trinajstić information content (AvgIpc) is 2.06. The molecule has 0 saturated carbocycles. The van der Waals surface area contributed by atoms with E-state index in [2.05, 4.69) is 20.9 Å². The number of carbonyl (C=O) groups is 1. The van der Waals surface area contributed by atoms with Crippen LogP contribution in [0.2, 0.25) is 0 Å². The first kappa shape index (κ1) is 12.2. The van der Waals surface area contributed by atoms with Crippen LogP contribution in [-0.2, 0) is 4.74 Å². The Kier molecular flexibility index (Phi) is 3.51. The first-order valence-corrected chi connectivity index (χ1v) is 5.27. The van der Waals surface area contributed by atoms with Crippen molar-refractivity contribution in [2.45, 2.75) is 32.5 Å². The van der Waals surface area contributed by atoms with Crippen LogP contribution >= 0.6 is 15.9 Å². The summed E-state index contributed by atoms with van der Waals surface area (Å²) in [6, 6.07) is 0. The topological polar surface area (TPSA) is 67.9 Å². The second kappa shape index (κ2) is 4.32. The highest BCUT2D eigenvalue weighted by Gasteiger charge is 2.26. The van der Waals surface area contributed by atoms with Crippen LogP contribution in [0.25, 0.3) is 0 Å². The molecular formula is C9H14BrN3O2. The molecule has 0 saturated heterocycles. The molecule has 0 fully saturated rings. The number of ether oxygens (including phenoxy) is 1. The van der Waals surface area contributed by atoms with E-state index in [1.165, 1.54) is 17.3 Å². The molecule has 0 spiro atoms. The summed E-state index contributed by atoms with van der Waals surface area (Å²) in [6.07, 6.45) is 1.89. The van der Waals surface area contributed by atoms with Crippen LogP contribution in [0, 0.1) is 0 Å². The van der Waals surface area contributed by atoms with E-state index in [0.29, 0.717) is 4.61 Å². The van der Waals surface area contributed by atoms with E-state index in [1.807, 2.05) is 0 Å². The fraction of sp³-hybridized carbons (Fsp3) is 0.556.